The molecule has 1 aliphatic heterocycles. The lowest BCUT2D eigenvalue weighted by Gasteiger charge is -2.30. The molecule has 114 valence electrons. The van der Waals surface area contributed by atoms with E-state index in [1.807, 2.05) is 6.07 Å². The highest BCUT2D eigenvalue weighted by molar-refractivity contribution is 8.00. The summed E-state index contributed by atoms with van der Waals surface area (Å²) in [5, 5.41) is 9.89. The van der Waals surface area contributed by atoms with Crippen molar-refractivity contribution in [1.82, 2.24) is 4.90 Å². The first-order valence-electron chi connectivity index (χ1n) is 6.56. The van der Waals surface area contributed by atoms with Gasteiger partial charge in [0.1, 0.15) is 0 Å². The minimum absolute atomic E-state index is 0.0231. The summed E-state index contributed by atoms with van der Waals surface area (Å²) in [6, 6.07) is 5.26. The predicted octanol–water partition coefficient (Wildman–Crippen LogP) is 3.41. The Bertz CT molecular complexity index is 545. The molecule has 0 radical (unpaired) electrons. The monoisotopic (exact) mass is 347 g/mol. The number of halogens is 2. The van der Waals surface area contributed by atoms with Crippen molar-refractivity contribution in [2.75, 3.05) is 18.8 Å². The van der Waals surface area contributed by atoms with E-state index in [1.165, 1.54) is 11.8 Å². The van der Waals surface area contributed by atoms with Gasteiger partial charge in [-0.2, -0.15) is 0 Å². The maximum absolute atomic E-state index is 12.1. The minimum atomic E-state index is -0.771. The Morgan fingerprint density at radius 1 is 1.24 bits per heavy atom. The quantitative estimate of drug-likeness (QED) is 0.848. The lowest BCUT2D eigenvalue weighted by atomic mass is 9.97. The van der Waals surface area contributed by atoms with E-state index >= 15 is 0 Å². The van der Waals surface area contributed by atoms with Gasteiger partial charge in [0.2, 0.25) is 5.91 Å². The van der Waals surface area contributed by atoms with E-state index in [4.69, 9.17) is 28.3 Å². The zero-order valence-electron chi connectivity index (χ0n) is 11.2. The van der Waals surface area contributed by atoms with Gasteiger partial charge in [-0.3, -0.25) is 9.59 Å². The average Bonchev–Trinajstić information content (AvgIpc) is 2.48. The number of carboxylic acid groups (broad SMARTS) is 1. The van der Waals surface area contributed by atoms with Gasteiger partial charge in [-0.15, -0.1) is 11.8 Å². The second-order valence-corrected chi connectivity index (χ2v) is 6.72. The van der Waals surface area contributed by atoms with Crippen molar-refractivity contribution < 1.29 is 14.7 Å². The summed E-state index contributed by atoms with van der Waals surface area (Å²) >= 11 is 13.2. The first-order chi connectivity index (χ1) is 9.97. The highest BCUT2D eigenvalue weighted by atomic mass is 35.5. The molecular weight excluding hydrogens is 333 g/mol. The molecule has 0 atom stereocenters. The molecule has 1 aromatic carbocycles. The van der Waals surface area contributed by atoms with Gasteiger partial charge in [-0.05, 0) is 31.0 Å². The Labute approximate surface area is 137 Å². The number of carbonyl (C=O) groups is 2. The predicted molar refractivity (Wildman–Crippen MR) is 84.1 cm³/mol. The number of amides is 1. The van der Waals surface area contributed by atoms with E-state index in [0.29, 0.717) is 41.7 Å². The van der Waals surface area contributed by atoms with Crippen molar-refractivity contribution in [2.45, 2.75) is 17.7 Å². The number of hydrogen-bond acceptors (Lipinski definition) is 3. The summed E-state index contributed by atoms with van der Waals surface area (Å²) in [6.45, 7) is 1.02. The van der Waals surface area contributed by atoms with Crippen molar-refractivity contribution in [2.24, 2.45) is 5.92 Å². The van der Waals surface area contributed by atoms with Crippen LogP contribution in [0.4, 0.5) is 0 Å². The fraction of sp³-hybridized carbons (Fsp3) is 0.429. The maximum Gasteiger partial charge on any atom is 0.306 e. The van der Waals surface area contributed by atoms with Crippen LogP contribution in [0.2, 0.25) is 10.0 Å². The number of piperidine rings is 1. The molecule has 1 heterocycles. The third-order valence-electron chi connectivity index (χ3n) is 3.45. The van der Waals surface area contributed by atoms with Gasteiger partial charge < -0.3 is 10.0 Å². The van der Waals surface area contributed by atoms with E-state index in [9.17, 15) is 9.59 Å². The van der Waals surface area contributed by atoms with E-state index in [-0.39, 0.29) is 11.8 Å². The van der Waals surface area contributed by atoms with Gasteiger partial charge >= 0.3 is 5.97 Å². The average molecular weight is 348 g/mol. The number of carbonyl (C=O) groups excluding carboxylic acids is 1. The molecule has 1 aliphatic rings. The molecule has 1 saturated heterocycles. The number of likely N-dealkylation sites (tertiary alicyclic amines) is 1. The van der Waals surface area contributed by atoms with Crippen LogP contribution < -0.4 is 0 Å². The van der Waals surface area contributed by atoms with Gasteiger partial charge in [0.15, 0.2) is 0 Å². The number of carboxylic acids is 1. The highest BCUT2D eigenvalue weighted by Crippen LogP contribution is 2.28. The second kappa shape index (κ2) is 7.38. The molecule has 7 heteroatoms. The van der Waals surface area contributed by atoms with Gasteiger partial charge in [-0.1, -0.05) is 23.2 Å². The Kier molecular flexibility index (Phi) is 5.79. The molecule has 1 aromatic rings. The molecule has 0 saturated carbocycles. The molecule has 0 unspecified atom stereocenters. The number of rotatable bonds is 4. The molecule has 0 spiro atoms. The van der Waals surface area contributed by atoms with Crippen LogP contribution in [0.5, 0.6) is 0 Å². The Hall–Kier alpha value is -0.910. The van der Waals surface area contributed by atoms with E-state index < -0.39 is 5.97 Å². The van der Waals surface area contributed by atoms with Gasteiger partial charge in [0.25, 0.3) is 0 Å². The van der Waals surface area contributed by atoms with Crippen LogP contribution >= 0.6 is 35.0 Å². The SMILES string of the molecule is O=C(O)C1CCN(C(=O)CSc2ccc(Cl)c(Cl)c2)CC1. The first-order valence-corrected chi connectivity index (χ1v) is 8.30. The Morgan fingerprint density at radius 3 is 2.48 bits per heavy atom. The summed E-state index contributed by atoms with van der Waals surface area (Å²) in [5.74, 6) is -0.755. The summed E-state index contributed by atoms with van der Waals surface area (Å²) in [6.07, 6.45) is 1.05. The number of thioether (sulfide) groups is 1. The zero-order chi connectivity index (χ0) is 15.4. The molecule has 2 rings (SSSR count). The fourth-order valence-electron chi connectivity index (χ4n) is 2.18. The summed E-state index contributed by atoms with van der Waals surface area (Å²) in [4.78, 5) is 25.6. The van der Waals surface area contributed by atoms with Crippen LogP contribution in [-0.4, -0.2) is 40.7 Å². The van der Waals surface area contributed by atoms with Crippen LogP contribution in [0.3, 0.4) is 0 Å². The minimum Gasteiger partial charge on any atom is -0.481 e. The lowest BCUT2D eigenvalue weighted by Crippen LogP contribution is -2.41. The topological polar surface area (TPSA) is 57.6 Å². The van der Waals surface area contributed by atoms with Crippen LogP contribution in [0.15, 0.2) is 23.1 Å². The normalized spacial score (nSPS) is 16.0. The molecule has 4 nitrogen and oxygen atoms in total. The number of benzene rings is 1. The maximum atomic E-state index is 12.1. The molecule has 0 bridgehead atoms. The number of aliphatic carboxylic acids is 1. The molecule has 1 fully saturated rings. The largest absolute Gasteiger partial charge is 0.481 e. The number of hydrogen-bond donors (Lipinski definition) is 1. The van der Waals surface area contributed by atoms with Gasteiger partial charge in [0.05, 0.1) is 21.7 Å². The third-order valence-corrected chi connectivity index (χ3v) is 5.17. The van der Waals surface area contributed by atoms with E-state index in [0.717, 1.165) is 4.90 Å². The van der Waals surface area contributed by atoms with E-state index in [2.05, 4.69) is 0 Å². The summed E-state index contributed by atoms with van der Waals surface area (Å²) in [7, 11) is 0. The van der Waals surface area contributed by atoms with Gasteiger partial charge in [0, 0.05) is 18.0 Å². The Balaban J connectivity index is 1.82. The second-order valence-electron chi connectivity index (χ2n) is 4.86. The molecule has 21 heavy (non-hydrogen) atoms. The van der Waals surface area contributed by atoms with Crippen molar-refractivity contribution in [3.05, 3.63) is 28.2 Å². The smallest absolute Gasteiger partial charge is 0.306 e. The van der Waals surface area contributed by atoms with Crippen molar-refractivity contribution in [3.63, 3.8) is 0 Å². The highest BCUT2D eigenvalue weighted by Gasteiger charge is 2.26. The molecule has 0 aliphatic carbocycles. The first kappa shape index (κ1) is 16.5. The Morgan fingerprint density at radius 2 is 1.90 bits per heavy atom. The van der Waals surface area contributed by atoms with Crippen LogP contribution in [0.25, 0.3) is 0 Å². The number of nitrogens with zero attached hydrogens (tertiary/aromatic N) is 1. The molecule has 1 amide bonds. The van der Waals surface area contributed by atoms with Gasteiger partial charge in [-0.25, -0.2) is 0 Å². The molecular formula is C14H15Cl2NO3S. The lowest BCUT2D eigenvalue weighted by molar-refractivity contribution is -0.145. The van der Waals surface area contributed by atoms with Crippen LogP contribution in [-0.2, 0) is 9.59 Å². The van der Waals surface area contributed by atoms with E-state index in [1.54, 1.807) is 17.0 Å². The third kappa shape index (κ3) is 4.53. The zero-order valence-corrected chi connectivity index (χ0v) is 13.5. The standard InChI is InChI=1S/C14H15Cl2NO3S/c15-11-2-1-10(7-12(11)16)21-8-13(18)17-5-3-9(4-6-17)14(19)20/h1-2,7,9H,3-6,8H2,(H,19,20). The fourth-order valence-corrected chi connectivity index (χ4v) is 3.38. The molecule has 1 N–H and O–H groups in total. The van der Waals surface area contributed by atoms with Crippen molar-refractivity contribution in [3.8, 4) is 0 Å². The van der Waals surface area contributed by atoms with Crippen LogP contribution in [0, 0.1) is 5.92 Å². The van der Waals surface area contributed by atoms with Crippen LogP contribution in [0.1, 0.15) is 12.8 Å². The van der Waals surface area contributed by atoms with Crippen molar-refractivity contribution in [1.29, 1.82) is 0 Å². The summed E-state index contributed by atoms with van der Waals surface area (Å²) in [5.41, 5.74) is 0. The molecule has 0 aromatic heterocycles. The summed E-state index contributed by atoms with van der Waals surface area (Å²) < 4.78 is 0. The van der Waals surface area contributed by atoms with Crippen molar-refractivity contribution >= 4 is 46.8 Å².